The minimum Gasteiger partial charge on any atom is -0.396 e. The molecule has 2 aromatic rings. The third kappa shape index (κ3) is 1.96. The van der Waals surface area contributed by atoms with Crippen LogP contribution in [0.4, 0.5) is 5.69 Å². The molecule has 2 rings (SSSR count). The molecule has 2 heterocycles. The van der Waals surface area contributed by atoms with Gasteiger partial charge in [-0.25, -0.2) is 15.0 Å². The first-order valence-electron chi connectivity index (χ1n) is 4.89. The molecule has 0 radical (unpaired) electrons. The van der Waals surface area contributed by atoms with Crippen molar-refractivity contribution in [3.05, 3.63) is 24.9 Å². The number of rotatable bonds is 3. The van der Waals surface area contributed by atoms with Crippen molar-refractivity contribution in [1.29, 1.82) is 0 Å². The molecule has 0 bridgehead atoms. The number of nitrogens with zero attached hydrogens (tertiary/aromatic N) is 4. The molecule has 0 amide bonds. The van der Waals surface area contributed by atoms with Crippen molar-refractivity contribution in [2.75, 3.05) is 5.73 Å². The Bertz CT molecular complexity index is 431. The number of aryl methyl sites for hydroxylation is 1. The van der Waals surface area contributed by atoms with Gasteiger partial charge in [-0.05, 0) is 6.42 Å². The van der Waals surface area contributed by atoms with Gasteiger partial charge in [-0.15, -0.1) is 0 Å². The summed E-state index contributed by atoms with van der Waals surface area (Å²) < 4.78 is 2.03. The van der Waals surface area contributed by atoms with Gasteiger partial charge in [-0.3, -0.25) is 0 Å². The fraction of sp³-hybridized carbons (Fsp3) is 0.300. The zero-order valence-corrected chi connectivity index (χ0v) is 8.59. The molecule has 2 N–H and O–H groups in total. The van der Waals surface area contributed by atoms with Crippen molar-refractivity contribution < 1.29 is 0 Å². The highest BCUT2D eigenvalue weighted by atomic mass is 15.1. The number of aromatic nitrogens is 4. The van der Waals surface area contributed by atoms with Crippen LogP contribution in [0, 0.1) is 0 Å². The van der Waals surface area contributed by atoms with Crippen LogP contribution in [0.3, 0.4) is 0 Å². The van der Waals surface area contributed by atoms with Gasteiger partial charge < -0.3 is 10.3 Å². The van der Waals surface area contributed by atoms with Gasteiger partial charge in [-0.1, -0.05) is 6.92 Å². The lowest BCUT2D eigenvalue weighted by atomic mass is 10.4. The van der Waals surface area contributed by atoms with Crippen molar-refractivity contribution in [3.8, 4) is 11.5 Å². The average molecular weight is 203 g/mol. The zero-order chi connectivity index (χ0) is 10.7. The second kappa shape index (κ2) is 4.08. The molecule has 0 saturated carbocycles. The fourth-order valence-corrected chi connectivity index (χ4v) is 1.40. The van der Waals surface area contributed by atoms with Gasteiger partial charge >= 0.3 is 0 Å². The second-order valence-electron chi connectivity index (χ2n) is 3.31. The van der Waals surface area contributed by atoms with Gasteiger partial charge in [0, 0.05) is 6.54 Å². The minimum atomic E-state index is 0.570. The first-order valence-corrected chi connectivity index (χ1v) is 4.89. The van der Waals surface area contributed by atoms with Gasteiger partial charge in [0.05, 0.1) is 30.6 Å². The Balaban J connectivity index is 2.36. The number of nitrogen functional groups attached to an aromatic ring is 1. The van der Waals surface area contributed by atoms with Crippen LogP contribution < -0.4 is 5.73 Å². The number of anilines is 1. The summed E-state index contributed by atoms with van der Waals surface area (Å²) in [6.45, 7) is 3.04. The number of hydrogen-bond donors (Lipinski definition) is 1. The maximum absolute atomic E-state index is 5.53. The maximum atomic E-state index is 5.53. The largest absolute Gasteiger partial charge is 0.396 e. The number of imidazole rings is 1. The molecule has 2 aromatic heterocycles. The van der Waals surface area contributed by atoms with Crippen LogP contribution in [0.5, 0.6) is 0 Å². The van der Waals surface area contributed by atoms with Crippen molar-refractivity contribution in [2.45, 2.75) is 19.9 Å². The van der Waals surface area contributed by atoms with E-state index in [2.05, 4.69) is 21.9 Å². The summed E-state index contributed by atoms with van der Waals surface area (Å²) in [6.07, 6.45) is 7.81. The van der Waals surface area contributed by atoms with E-state index < -0.39 is 0 Å². The SMILES string of the molecule is CCCn1cncc1-c1ncc(N)cn1. The number of hydrogen-bond acceptors (Lipinski definition) is 4. The Labute approximate surface area is 88.0 Å². The Kier molecular flexibility index (Phi) is 2.62. The van der Waals surface area contributed by atoms with E-state index in [0.29, 0.717) is 11.5 Å². The molecule has 0 unspecified atom stereocenters. The predicted molar refractivity (Wildman–Crippen MR) is 58.0 cm³/mol. The molecular weight excluding hydrogens is 190 g/mol. The van der Waals surface area contributed by atoms with E-state index in [1.54, 1.807) is 24.9 Å². The van der Waals surface area contributed by atoms with Crippen LogP contribution in [-0.2, 0) is 6.54 Å². The predicted octanol–water partition coefficient (Wildman–Crippen LogP) is 1.33. The van der Waals surface area contributed by atoms with Crippen LogP contribution in [0.15, 0.2) is 24.9 Å². The van der Waals surface area contributed by atoms with Crippen molar-refractivity contribution in [2.24, 2.45) is 0 Å². The Hall–Kier alpha value is -1.91. The molecule has 78 valence electrons. The average Bonchev–Trinajstić information content (AvgIpc) is 2.68. The van der Waals surface area contributed by atoms with E-state index in [9.17, 15) is 0 Å². The van der Waals surface area contributed by atoms with E-state index in [1.165, 1.54) is 0 Å². The summed E-state index contributed by atoms with van der Waals surface area (Å²) in [5.74, 6) is 0.662. The van der Waals surface area contributed by atoms with Crippen molar-refractivity contribution in [3.63, 3.8) is 0 Å². The Morgan fingerprint density at radius 3 is 2.67 bits per heavy atom. The first-order chi connectivity index (χ1) is 7.31. The minimum absolute atomic E-state index is 0.570. The third-order valence-corrected chi connectivity index (χ3v) is 2.08. The van der Waals surface area contributed by atoms with E-state index >= 15 is 0 Å². The quantitative estimate of drug-likeness (QED) is 0.817. The maximum Gasteiger partial charge on any atom is 0.177 e. The van der Waals surface area contributed by atoms with Gasteiger partial charge in [0.25, 0.3) is 0 Å². The van der Waals surface area contributed by atoms with E-state index in [4.69, 9.17) is 5.73 Å². The molecule has 0 atom stereocenters. The highest BCUT2D eigenvalue weighted by molar-refractivity contribution is 5.49. The second-order valence-corrected chi connectivity index (χ2v) is 3.31. The molecule has 0 saturated heterocycles. The number of nitrogens with two attached hydrogens (primary N) is 1. The molecule has 0 aliphatic heterocycles. The summed E-state index contributed by atoms with van der Waals surface area (Å²) in [5, 5.41) is 0. The van der Waals surface area contributed by atoms with E-state index in [1.807, 2.05) is 4.57 Å². The molecule has 0 fully saturated rings. The summed E-state index contributed by atoms with van der Waals surface area (Å²) in [4.78, 5) is 12.4. The van der Waals surface area contributed by atoms with E-state index in [-0.39, 0.29) is 0 Å². The topological polar surface area (TPSA) is 69.6 Å². The lowest BCUT2D eigenvalue weighted by Gasteiger charge is -2.04. The van der Waals surface area contributed by atoms with Crippen LogP contribution in [-0.4, -0.2) is 19.5 Å². The molecule has 0 spiro atoms. The molecule has 5 nitrogen and oxygen atoms in total. The van der Waals surface area contributed by atoms with E-state index in [0.717, 1.165) is 18.7 Å². The van der Waals surface area contributed by atoms with Crippen LogP contribution in [0.2, 0.25) is 0 Å². The van der Waals surface area contributed by atoms with Crippen LogP contribution in [0.25, 0.3) is 11.5 Å². The first kappa shape index (κ1) is 9.64. The highest BCUT2D eigenvalue weighted by Gasteiger charge is 2.06. The molecule has 0 aromatic carbocycles. The smallest absolute Gasteiger partial charge is 0.177 e. The van der Waals surface area contributed by atoms with Crippen LogP contribution in [0.1, 0.15) is 13.3 Å². The van der Waals surface area contributed by atoms with Gasteiger partial charge in [0.1, 0.15) is 5.69 Å². The van der Waals surface area contributed by atoms with Gasteiger partial charge in [0.15, 0.2) is 5.82 Å². The highest BCUT2D eigenvalue weighted by Crippen LogP contribution is 2.14. The Morgan fingerprint density at radius 1 is 1.27 bits per heavy atom. The van der Waals surface area contributed by atoms with Gasteiger partial charge in [-0.2, -0.15) is 0 Å². The molecule has 5 heteroatoms. The van der Waals surface area contributed by atoms with Crippen molar-refractivity contribution >= 4 is 5.69 Å². The molecule has 15 heavy (non-hydrogen) atoms. The lowest BCUT2D eigenvalue weighted by molar-refractivity contribution is 0.681. The fourth-order valence-electron chi connectivity index (χ4n) is 1.40. The summed E-state index contributed by atoms with van der Waals surface area (Å²) >= 11 is 0. The monoisotopic (exact) mass is 203 g/mol. The Morgan fingerprint density at radius 2 is 2.00 bits per heavy atom. The van der Waals surface area contributed by atoms with Crippen molar-refractivity contribution in [1.82, 2.24) is 19.5 Å². The lowest BCUT2D eigenvalue weighted by Crippen LogP contribution is -2.00. The summed E-state index contributed by atoms with van der Waals surface area (Å²) in [7, 11) is 0. The molecule has 0 aliphatic rings. The zero-order valence-electron chi connectivity index (χ0n) is 8.59. The molecule has 0 aliphatic carbocycles. The third-order valence-electron chi connectivity index (χ3n) is 2.08. The van der Waals surface area contributed by atoms with Crippen LogP contribution >= 0.6 is 0 Å². The van der Waals surface area contributed by atoms with Gasteiger partial charge in [0.2, 0.25) is 0 Å². The normalized spacial score (nSPS) is 10.5. The molecular formula is C10H13N5. The summed E-state index contributed by atoms with van der Waals surface area (Å²) in [5.41, 5.74) is 7.03. The standard InChI is InChI=1S/C10H13N5/c1-2-3-15-7-12-6-9(15)10-13-4-8(11)5-14-10/h4-7H,2-3,11H2,1H3. The summed E-state index contributed by atoms with van der Waals surface area (Å²) in [6, 6.07) is 0.